The van der Waals surface area contributed by atoms with Crippen LogP contribution < -0.4 is 10.5 Å². The van der Waals surface area contributed by atoms with E-state index in [-0.39, 0.29) is 12.8 Å². The first-order valence-electron chi connectivity index (χ1n) is 8.26. The van der Waals surface area contributed by atoms with E-state index in [1.807, 2.05) is 24.3 Å². The number of carbonyl (C=O) groups is 1. The van der Waals surface area contributed by atoms with E-state index >= 15 is 0 Å². The van der Waals surface area contributed by atoms with E-state index in [9.17, 15) is 9.18 Å². The molecule has 0 unspecified atom stereocenters. The number of benzene rings is 3. The Balaban J connectivity index is 1.79. The molecule has 2 N–H and O–H groups in total. The summed E-state index contributed by atoms with van der Waals surface area (Å²) < 4.78 is 18.1. The Morgan fingerprint density at radius 2 is 1.62 bits per heavy atom. The molecule has 0 saturated heterocycles. The highest BCUT2D eigenvalue weighted by atomic mass is 19.1. The van der Waals surface area contributed by atoms with Crippen LogP contribution in [0, 0.1) is 5.82 Å². The van der Waals surface area contributed by atoms with Gasteiger partial charge in [-0.3, -0.25) is 0 Å². The lowest BCUT2D eigenvalue weighted by atomic mass is 9.62. The predicted molar refractivity (Wildman–Crippen MR) is 103 cm³/mol. The molecule has 128 valence electrons. The SMILES string of the molecule is COC(=O)/C=C(\B1Nc2cccc3cccc(c23)N1)c1ccc(F)cc1. The summed E-state index contributed by atoms with van der Waals surface area (Å²) in [6.45, 7) is -0.361. The summed E-state index contributed by atoms with van der Waals surface area (Å²) in [6.07, 6.45) is 1.42. The van der Waals surface area contributed by atoms with Crippen LogP contribution in [-0.4, -0.2) is 20.1 Å². The van der Waals surface area contributed by atoms with E-state index in [4.69, 9.17) is 4.74 Å². The molecule has 0 aliphatic carbocycles. The molecule has 0 amide bonds. The zero-order chi connectivity index (χ0) is 18.1. The molecular weight excluding hydrogens is 330 g/mol. The molecule has 0 aromatic heterocycles. The zero-order valence-corrected chi connectivity index (χ0v) is 14.1. The van der Waals surface area contributed by atoms with Gasteiger partial charge in [0.2, 0.25) is 0 Å². The molecule has 3 aromatic carbocycles. The summed E-state index contributed by atoms with van der Waals surface area (Å²) in [7, 11) is 1.33. The first kappa shape index (κ1) is 16.2. The molecule has 6 heteroatoms. The first-order chi connectivity index (χ1) is 12.7. The number of nitrogens with one attached hydrogen (secondary N) is 2. The highest BCUT2D eigenvalue weighted by Gasteiger charge is 2.29. The highest BCUT2D eigenvalue weighted by Crippen LogP contribution is 2.36. The zero-order valence-electron chi connectivity index (χ0n) is 14.1. The number of ether oxygens (including phenoxy) is 1. The quantitative estimate of drug-likeness (QED) is 0.426. The van der Waals surface area contributed by atoms with E-state index in [2.05, 4.69) is 22.6 Å². The highest BCUT2D eigenvalue weighted by molar-refractivity contribution is 6.85. The Morgan fingerprint density at radius 3 is 2.19 bits per heavy atom. The van der Waals surface area contributed by atoms with E-state index in [0.29, 0.717) is 5.47 Å². The largest absolute Gasteiger partial charge is 0.466 e. The molecule has 0 atom stereocenters. The lowest BCUT2D eigenvalue weighted by Crippen LogP contribution is -2.39. The van der Waals surface area contributed by atoms with Gasteiger partial charge in [-0.1, -0.05) is 36.4 Å². The number of hydrogen-bond donors (Lipinski definition) is 2. The van der Waals surface area contributed by atoms with Crippen molar-refractivity contribution in [1.82, 2.24) is 0 Å². The summed E-state index contributed by atoms with van der Waals surface area (Å²) in [5.74, 6) is -0.796. The van der Waals surface area contributed by atoms with Gasteiger partial charge in [0.1, 0.15) is 5.82 Å². The molecule has 3 aromatic rings. The fraction of sp³-hybridized carbons (Fsp3) is 0.0500. The second-order valence-corrected chi connectivity index (χ2v) is 6.06. The Bertz CT molecular complexity index is 977. The average molecular weight is 346 g/mol. The number of halogens is 1. The third kappa shape index (κ3) is 2.90. The molecule has 0 fully saturated rings. The third-order valence-electron chi connectivity index (χ3n) is 4.47. The topological polar surface area (TPSA) is 50.4 Å². The fourth-order valence-corrected chi connectivity index (χ4v) is 3.25. The van der Waals surface area contributed by atoms with Crippen molar-refractivity contribution in [1.29, 1.82) is 0 Å². The summed E-state index contributed by atoms with van der Waals surface area (Å²) in [5.41, 5.74) is 3.34. The Morgan fingerprint density at radius 1 is 1.00 bits per heavy atom. The molecule has 1 aliphatic heterocycles. The van der Waals surface area contributed by atoms with Gasteiger partial charge < -0.3 is 15.2 Å². The molecule has 4 rings (SSSR count). The van der Waals surface area contributed by atoms with Crippen LogP contribution in [0.1, 0.15) is 5.56 Å². The normalized spacial score (nSPS) is 13.2. The Hall–Kier alpha value is -3.28. The molecular formula is C20H16BFN2O2. The van der Waals surface area contributed by atoms with Crippen LogP contribution in [0.25, 0.3) is 16.2 Å². The van der Waals surface area contributed by atoms with Crippen molar-refractivity contribution in [3.05, 3.63) is 78.1 Å². The van der Waals surface area contributed by atoms with Crippen molar-refractivity contribution in [2.24, 2.45) is 0 Å². The Labute approximate surface area is 150 Å². The van der Waals surface area contributed by atoms with Gasteiger partial charge in [0.25, 0.3) is 0 Å². The standard InChI is InChI=1S/C20H16BFN2O2/c1-26-19(25)12-16(13-8-10-15(22)11-9-13)21-23-17-6-2-4-14-5-3-7-18(24-21)20(14)17/h2-12,23-24H,1H3/b16-12-. The van der Waals surface area contributed by atoms with Crippen molar-refractivity contribution in [3.63, 3.8) is 0 Å². The fourth-order valence-electron chi connectivity index (χ4n) is 3.25. The minimum Gasteiger partial charge on any atom is -0.466 e. The van der Waals surface area contributed by atoms with Gasteiger partial charge in [-0.2, -0.15) is 0 Å². The van der Waals surface area contributed by atoms with Gasteiger partial charge in [0.05, 0.1) is 7.11 Å². The number of rotatable bonds is 3. The Kier molecular flexibility index (Phi) is 4.09. The maximum absolute atomic E-state index is 13.3. The van der Waals surface area contributed by atoms with Crippen molar-refractivity contribution in [3.8, 4) is 0 Å². The van der Waals surface area contributed by atoms with Crippen LogP contribution in [0.4, 0.5) is 15.8 Å². The molecule has 0 radical (unpaired) electrons. The maximum Gasteiger partial charge on any atom is 0.406 e. The van der Waals surface area contributed by atoms with Gasteiger partial charge in [0, 0.05) is 22.8 Å². The van der Waals surface area contributed by atoms with Crippen LogP contribution in [0.15, 0.2) is 66.7 Å². The number of anilines is 2. The molecule has 0 spiro atoms. The van der Waals surface area contributed by atoms with E-state index in [1.165, 1.54) is 25.3 Å². The number of hydrogen-bond acceptors (Lipinski definition) is 4. The number of esters is 1. The smallest absolute Gasteiger partial charge is 0.406 e. The van der Waals surface area contributed by atoms with E-state index < -0.39 is 5.97 Å². The molecule has 0 bridgehead atoms. The van der Waals surface area contributed by atoms with Crippen LogP contribution in [-0.2, 0) is 9.53 Å². The molecule has 26 heavy (non-hydrogen) atoms. The van der Waals surface area contributed by atoms with Gasteiger partial charge in [-0.05, 0) is 40.7 Å². The van der Waals surface area contributed by atoms with Crippen LogP contribution >= 0.6 is 0 Å². The second-order valence-electron chi connectivity index (χ2n) is 6.06. The van der Waals surface area contributed by atoms with Crippen LogP contribution in [0.5, 0.6) is 0 Å². The van der Waals surface area contributed by atoms with Crippen molar-refractivity contribution in [2.75, 3.05) is 17.6 Å². The summed E-state index contributed by atoms with van der Waals surface area (Å²) >= 11 is 0. The van der Waals surface area contributed by atoms with Crippen molar-refractivity contribution < 1.29 is 13.9 Å². The minimum atomic E-state index is -0.468. The summed E-state index contributed by atoms with van der Waals surface area (Å²) in [4.78, 5) is 11.9. The van der Waals surface area contributed by atoms with E-state index in [1.54, 1.807) is 12.1 Å². The first-order valence-corrected chi connectivity index (χ1v) is 8.26. The second kappa shape index (κ2) is 6.56. The van der Waals surface area contributed by atoms with Crippen molar-refractivity contribution in [2.45, 2.75) is 0 Å². The molecule has 0 saturated carbocycles. The monoisotopic (exact) mass is 346 g/mol. The summed E-state index contributed by atoms with van der Waals surface area (Å²) in [6, 6.07) is 18.1. The minimum absolute atomic E-state index is 0.328. The van der Waals surface area contributed by atoms with Crippen LogP contribution in [0.2, 0.25) is 0 Å². The maximum atomic E-state index is 13.3. The van der Waals surface area contributed by atoms with Gasteiger partial charge in [-0.25, -0.2) is 9.18 Å². The van der Waals surface area contributed by atoms with Crippen molar-refractivity contribution >= 4 is 40.6 Å². The van der Waals surface area contributed by atoms with Crippen LogP contribution in [0.3, 0.4) is 0 Å². The van der Waals surface area contributed by atoms with Gasteiger partial charge in [0.15, 0.2) is 0 Å². The molecule has 4 nitrogen and oxygen atoms in total. The third-order valence-corrected chi connectivity index (χ3v) is 4.47. The number of carbonyl (C=O) groups excluding carboxylic acids is 1. The average Bonchev–Trinajstić information content (AvgIpc) is 2.67. The van der Waals surface area contributed by atoms with Gasteiger partial charge >= 0.3 is 13.0 Å². The van der Waals surface area contributed by atoms with E-state index in [0.717, 1.165) is 27.7 Å². The number of methoxy groups -OCH3 is 1. The molecule has 1 aliphatic rings. The van der Waals surface area contributed by atoms with Gasteiger partial charge in [-0.15, -0.1) is 0 Å². The predicted octanol–water partition coefficient (Wildman–Crippen LogP) is 4.10. The summed E-state index contributed by atoms with van der Waals surface area (Å²) in [5, 5.41) is 9.07. The lowest BCUT2D eigenvalue weighted by molar-refractivity contribution is -0.134. The lowest BCUT2D eigenvalue weighted by Gasteiger charge is -2.28. The molecule has 1 heterocycles.